The molecule has 1 aromatic carbocycles. The lowest BCUT2D eigenvalue weighted by Gasteiger charge is -2.16. The molecule has 2 aromatic rings. The van der Waals surface area contributed by atoms with Crippen LogP contribution >= 0.6 is 11.6 Å². The Hall–Kier alpha value is -1.57. The van der Waals surface area contributed by atoms with E-state index in [9.17, 15) is 8.42 Å². The molecule has 1 aliphatic rings. The molecule has 6 nitrogen and oxygen atoms in total. The lowest BCUT2D eigenvalue weighted by Crippen LogP contribution is -2.26. The van der Waals surface area contributed by atoms with Crippen LogP contribution < -0.4 is 4.72 Å². The number of rotatable bonds is 6. The molecule has 0 unspecified atom stereocenters. The van der Waals surface area contributed by atoms with Gasteiger partial charge in [-0.1, -0.05) is 37.6 Å². The van der Waals surface area contributed by atoms with Gasteiger partial charge in [0.05, 0.1) is 40.1 Å². The maximum atomic E-state index is 12.5. The molecule has 1 atom stereocenters. The van der Waals surface area contributed by atoms with Crippen molar-refractivity contribution in [1.29, 1.82) is 0 Å². The van der Waals surface area contributed by atoms with Crippen molar-refractivity contribution in [3.63, 3.8) is 0 Å². The topological polar surface area (TPSA) is 73.2 Å². The molecule has 136 valence electrons. The minimum atomic E-state index is -3.51. The summed E-state index contributed by atoms with van der Waals surface area (Å²) in [5.74, 6) is 0.0149. The molecule has 1 N–H and O–H groups in total. The van der Waals surface area contributed by atoms with Crippen molar-refractivity contribution in [2.75, 3.05) is 17.1 Å². The lowest BCUT2D eigenvalue weighted by atomic mass is 10.1. The summed E-state index contributed by atoms with van der Waals surface area (Å²) in [5, 5.41) is 4.92. The molecule has 0 radical (unpaired) electrons. The van der Waals surface area contributed by atoms with Crippen LogP contribution in [0.3, 0.4) is 0 Å². The van der Waals surface area contributed by atoms with Crippen LogP contribution in [0, 0.1) is 0 Å². The SMILES string of the molecule is CC(C)c1c(NS(=O)(=O)C[C@@H]2CCCO2)cnn1-c1ccccc1Cl. The van der Waals surface area contributed by atoms with E-state index in [1.807, 2.05) is 32.0 Å². The smallest absolute Gasteiger partial charge is 0.235 e. The number of benzene rings is 1. The van der Waals surface area contributed by atoms with E-state index in [0.29, 0.717) is 17.3 Å². The van der Waals surface area contributed by atoms with E-state index in [1.54, 1.807) is 10.7 Å². The maximum Gasteiger partial charge on any atom is 0.235 e. The minimum Gasteiger partial charge on any atom is -0.377 e. The summed E-state index contributed by atoms with van der Waals surface area (Å²) in [6.45, 7) is 4.60. The zero-order valence-corrected chi connectivity index (χ0v) is 15.8. The Labute approximate surface area is 153 Å². The van der Waals surface area contributed by atoms with E-state index < -0.39 is 10.0 Å². The van der Waals surface area contributed by atoms with Crippen LogP contribution in [0.25, 0.3) is 5.69 Å². The van der Waals surface area contributed by atoms with Gasteiger partial charge in [-0.05, 0) is 30.9 Å². The normalized spacial score (nSPS) is 18.0. The summed E-state index contributed by atoms with van der Waals surface area (Å²) in [6.07, 6.45) is 2.98. The fraction of sp³-hybridized carbons (Fsp3) is 0.471. The quantitative estimate of drug-likeness (QED) is 0.827. The van der Waals surface area contributed by atoms with Crippen LogP contribution in [0.15, 0.2) is 30.5 Å². The van der Waals surface area contributed by atoms with Gasteiger partial charge in [0.25, 0.3) is 0 Å². The molecule has 8 heteroatoms. The van der Waals surface area contributed by atoms with Crippen molar-refractivity contribution >= 4 is 27.3 Å². The Morgan fingerprint density at radius 3 is 2.80 bits per heavy atom. The van der Waals surface area contributed by atoms with E-state index in [0.717, 1.165) is 24.2 Å². The Balaban J connectivity index is 1.91. The van der Waals surface area contributed by atoms with Crippen LogP contribution in [-0.2, 0) is 14.8 Å². The van der Waals surface area contributed by atoms with Crippen molar-refractivity contribution in [2.45, 2.75) is 38.7 Å². The Bertz CT molecular complexity index is 843. The highest BCUT2D eigenvalue weighted by Gasteiger charge is 2.26. The number of para-hydroxylation sites is 1. The standard InChI is InChI=1S/C17H22ClN3O3S/c1-12(2)17-15(20-25(22,23)11-13-6-5-9-24-13)10-19-21(17)16-8-4-3-7-14(16)18/h3-4,7-8,10,12-13,20H,5-6,9,11H2,1-2H3/t13-/m0/s1. The first-order chi connectivity index (χ1) is 11.9. The van der Waals surface area contributed by atoms with Gasteiger partial charge in [0, 0.05) is 6.61 Å². The summed E-state index contributed by atoms with van der Waals surface area (Å²) in [4.78, 5) is 0. The fourth-order valence-electron chi connectivity index (χ4n) is 3.04. The molecule has 2 heterocycles. The van der Waals surface area contributed by atoms with Crippen LogP contribution in [0.1, 0.15) is 38.3 Å². The predicted molar refractivity (Wildman–Crippen MR) is 99.0 cm³/mol. The van der Waals surface area contributed by atoms with Gasteiger partial charge < -0.3 is 4.74 Å². The highest BCUT2D eigenvalue weighted by Crippen LogP contribution is 2.30. The molecule has 0 amide bonds. The lowest BCUT2D eigenvalue weighted by molar-refractivity contribution is 0.127. The van der Waals surface area contributed by atoms with Gasteiger partial charge in [0.2, 0.25) is 10.0 Å². The van der Waals surface area contributed by atoms with E-state index in [4.69, 9.17) is 16.3 Å². The van der Waals surface area contributed by atoms with Gasteiger partial charge in [-0.2, -0.15) is 5.10 Å². The van der Waals surface area contributed by atoms with Crippen LogP contribution in [0.5, 0.6) is 0 Å². The minimum absolute atomic E-state index is 0.0399. The molecule has 0 bridgehead atoms. The molecule has 0 aliphatic carbocycles. The van der Waals surface area contributed by atoms with E-state index in [-0.39, 0.29) is 17.8 Å². The van der Waals surface area contributed by atoms with Crippen molar-refractivity contribution in [2.24, 2.45) is 0 Å². The summed E-state index contributed by atoms with van der Waals surface area (Å²) >= 11 is 6.28. The molecule has 3 rings (SSSR count). The third kappa shape index (κ3) is 4.16. The zero-order valence-electron chi connectivity index (χ0n) is 14.3. The van der Waals surface area contributed by atoms with E-state index in [1.165, 1.54) is 6.20 Å². The second kappa shape index (κ2) is 7.35. The van der Waals surface area contributed by atoms with Gasteiger partial charge in [-0.25, -0.2) is 13.1 Å². The van der Waals surface area contributed by atoms with Gasteiger partial charge >= 0.3 is 0 Å². The Morgan fingerprint density at radius 1 is 1.40 bits per heavy atom. The predicted octanol–water partition coefficient (Wildman–Crippen LogP) is 3.57. The third-order valence-electron chi connectivity index (χ3n) is 4.13. The number of hydrogen-bond acceptors (Lipinski definition) is 4. The maximum absolute atomic E-state index is 12.5. The van der Waals surface area contributed by atoms with Crippen LogP contribution in [0.4, 0.5) is 5.69 Å². The van der Waals surface area contributed by atoms with Crippen molar-refractivity contribution in [1.82, 2.24) is 9.78 Å². The molecule has 1 aromatic heterocycles. The number of hydrogen-bond donors (Lipinski definition) is 1. The van der Waals surface area contributed by atoms with Gasteiger partial charge in [0.15, 0.2) is 0 Å². The number of sulfonamides is 1. The summed E-state index contributed by atoms with van der Waals surface area (Å²) in [7, 11) is -3.51. The van der Waals surface area contributed by atoms with Gasteiger partial charge in [-0.15, -0.1) is 0 Å². The summed E-state index contributed by atoms with van der Waals surface area (Å²) in [5.41, 5.74) is 1.97. The van der Waals surface area contributed by atoms with Crippen molar-refractivity contribution in [3.05, 3.63) is 41.2 Å². The largest absolute Gasteiger partial charge is 0.377 e. The second-order valence-electron chi connectivity index (χ2n) is 6.48. The Kier molecular flexibility index (Phi) is 5.36. The molecule has 0 saturated carbocycles. The first-order valence-electron chi connectivity index (χ1n) is 8.32. The average molecular weight is 384 g/mol. The summed E-state index contributed by atoms with van der Waals surface area (Å²) in [6, 6.07) is 7.35. The van der Waals surface area contributed by atoms with Crippen LogP contribution in [-0.4, -0.2) is 36.7 Å². The second-order valence-corrected chi connectivity index (χ2v) is 8.65. The number of nitrogens with zero attached hydrogens (tertiary/aromatic N) is 2. The molecule has 1 saturated heterocycles. The van der Waals surface area contributed by atoms with Crippen LogP contribution in [0.2, 0.25) is 5.02 Å². The molecule has 25 heavy (non-hydrogen) atoms. The number of nitrogens with one attached hydrogen (secondary N) is 1. The van der Waals surface area contributed by atoms with Crippen molar-refractivity contribution < 1.29 is 13.2 Å². The Morgan fingerprint density at radius 2 is 2.16 bits per heavy atom. The summed E-state index contributed by atoms with van der Waals surface area (Å²) < 4.78 is 34.8. The fourth-order valence-corrected chi connectivity index (χ4v) is 4.58. The third-order valence-corrected chi connectivity index (χ3v) is 5.79. The highest BCUT2D eigenvalue weighted by atomic mass is 35.5. The molecule has 1 aliphatic heterocycles. The van der Waals surface area contributed by atoms with Gasteiger partial charge in [0.1, 0.15) is 0 Å². The number of halogens is 1. The highest BCUT2D eigenvalue weighted by molar-refractivity contribution is 7.92. The van der Waals surface area contributed by atoms with Crippen molar-refractivity contribution in [3.8, 4) is 5.69 Å². The molecular formula is C17H22ClN3O3S. The van der Waals surface area contributed by atoms with Gasteiger partial charge in [-0.3, -0.25) is 4.72 Å². The number of anilines is 1. The zero-order chi connectivity index (χ0) is 18.0. The molecule has 0 spiro atoms. The first-order valence-corrected chi connectivity index (χ1v) is 10.4. The monoisotopic (exact) mass is 383 g/mol. The van der Waals surface area contributed by atoms with E-state index in [2.05, 4.69) is 9.82 Å². The molecule has 1 fully saturated rings. The number of aromatic nitrogens is 2. The number of ether oxygens (including phenoxy) is 1. The first kappa shape index (κ1) is 18.2. The molecular weight excluding hydrogens is 362 g/mol. The average Bonchev–Trinajstić information content (AvgIpc) is 3.16. The van der Waals surface area contributed by atoms with E-state index >= 15 is 0 Å².